The molecule has 0 bridgehead atoms. The molecule has 0 unspecified atom stereocenters. The smallest absolute Gasteiger partial charge is 0.271 e. The van der Waals surface area contributed by atoms with Crippen LogP contribution in [0.5, 0.6) is 0 Å². The van der Waals surface area contributed by atoms with Crippen LogP contribution in [0.2, 0.25) is 5.02 Å². The number of aromatic nitrogens is 2. The zero-order valence-corrected chi connectivity index (χ0v) is 15.7. The lowest BCUT2D eigenvalue weighted by molar-refractivity contribution is 0.0949. The second kappa shape index (κ2) is 6.09. The fourth-order valence-electron chi connectivity index (χ4n) is 2.34. The maximum absolute atomic E-state index is 12.9. The fourth-order valence-corrected chi connectivity index (χ4v) is 5.83. The van der Waals surface area contributed by atoms with Crippen molar-refractivity contribution >= 4 is 39.3 Å². The van der Waals surface area contributed by atoms with E-state index in [9.17, 15) is 13.2 Å². The Morgan fingerprint density at radius 3 is 2.79 bits per heavy atom. The summed E-state index contributed by atoms with van der Waals surface area (Å²) >= 11 is 7.42. The third kappa shape index (κ3) is 2.82. The van der Waals surface area contributed by atoms with E-state index < -0.39 is 10.0 Å². The standard InChI is InChI=1S/C15H16ClN3O3S2/c1-8(2)6-17-14(20)10-4-13-12(5-11(10)16)23-15-18-7-9(3)19(15)24(13,21)22/h4-5,7-8H,6H2,1-3H3,(H,17,20). The van der Waals surface area contributed by atoms with E-state index in [4.69, 9.17) is 11.6 Å². The summed E-state index contributed by atoms with van der Waals surface area (Å²) in [6.45, 7) is 6.10. The molecule has 2 aromatic rings. The van der Waals surface area contributed by atoms with Gasteiger partial charge in [-0.25, -0.2) is 17.4 Å². The number of amides is 1. The molecule has 1 amide bonds. The van der Waals surface area contributed by atoms with Gasteiger partial charge in [0.05, 0.1) is 22.5 Å². The third-order valence-electron chi connectivity index (χ3n) is 3.52. The molecule has 1 aromatic heterocycles. The lowest BCUT2D eigenvalue weighted by atomic mass is 10.2. The average Bonchev–Trinajstić information content (AvgIpc) is 2.86. The van der Waals surface area contributed by atoms with Gasteiger partial charge in [-0.2, -0.15) is 0 Å². The lowest BCUT2D eigenvalue weighted by Crippen LogP contribution is -2.28. The minimum Gasteiger partial charge on any atom is -0.352 e. The molecule has 0 spiro atoms. The molecular formula is C15H16ClN3O3S2. The van der Waals surface area contributed by atoms with Crippen molar-refractivity contribution < 1.29 is 13.2 Å². The molecule has 0 saturated heterocycles. The Bertz CT molecular complexity index is 936. The monoisotopic (exact) mass is 385 g/mol. The Kier molecular flexibility index (Phi) is 4.39. The molecule has 6 nitrogen and oxygen atoms in total. The van der Waals surface area contributed by atoms with Crippen LogP contribution in [0.4, 0.5) is 0 Å². The van der Waals surface area contributed by atoms with Crippen LogP contribution in [0, 0.1) is 12.8 Å². The van der Waals surface area contributed by atoms with Gasteiger partial charge in [-0.3, -0.25) is 4.79 Å². The maximum Gasteiger partial charge on any atom is 0.271 e. The molecular weight excluding hydrogens is 370 g/mol. The van der Waals surface area contributed by atoms with Crippen molar-refractivity contribution in [1.29, 1.82) is 0 Å². The SMILES string of the molecule is Cc1cnc2n1S(=O)(=O)c1cc(C(=O)NCC(C)C)c(Cl)cc1S2. The Labute approximate surface area is 149 Å². The third-order valence-corrected chi connectivity index (χ3v) is 6.95. The second-order valence-corrected chi connectivity index (χ2v) is 9.11. The normalized spacial score (nSPS) is 15.0. The van der Waals surface area contributed by atoms with Gasteiger partial charge in [-0.1, -0.05) is 25.4 Å². The van der Waals surface area contributed by atoms with E-state index in [1.165, 1.54) is 34.1 Å². The van der Waals surface area contributed by atoms with Gasteiger partial charge < -0.3 is 5.32 Å². The maximum atomic E-state index is 12.9. The Hall–Kier alpha value is -1.51. The molecule has 2 heterocycles. The minimum atomic E-state index is -3.80. The summed E-state index contributed by atoms with van der Waals surface area (Å²) in [7, 11) is -3.80. The molecule has 0 saturated carbocycles. The fraction of sp³-hybridized carbons (Fsp3) is 0.333. The van der Waals surface area contributed by atoms with E-state index >= 15 is 0 Å². The Morgan fingerprint density at radius 1 is 1.42 bits per heavy atom. The Morgan fingerprint density at radius 2 is 2.12 bits per heavy atom. The van der Waals surface area contributed by atoms with Gasteiger partial charge in [-0.15, -0.1) is 0 Å². The molecule has 0 radical (unpaired) electrons. The number of nitrogens with zero attached hydrogens (tertiary/aromatic N) is 2. The summed E-state index contributed by atoms with van der Waals surface area (Å²) < 4.78 is 26.9. The topological polar surface area (TPSA) is 81.1 Å². The van der Waals surface area contributed by atoms with Crippen LogP contribution < -0.4 is 5.32 Å². The van der Waals surface area contributed by atoms with Gasteiger partial charge in [0, 0.05) is 11.4 Å². The molecule has 0 fully saturated rings. The first-order chi connectivity index (χ1) is 11.2. The Balaban J connectivity index is 2.08. The number of hydrogen-bond acceptors (Lipinski definition) is 5. The van der Waals surface area contributed by atoms with E-state index in [1.54, 1.807) is 6.92 Å². The predicted octanol–water partition coefficient (Wildman–Crippen LogP) is 2.93. The van der Waals surface area contributed by atoms with Gasteiger partial charge in [0.1, 0.15) is 4.90 Å². The summed E-state index contributed by atoms with van der Waals surface area (Å²) in [4.78, 5) is 17.0. The number of imidazole rings is 1. The largest absolute Gasteiger partial charge is 0.352 e. The number of nitrogens with one attached hydrogen (secondary N) is 1. The van der Waals surface area contributed by atoms with Crippen LogP contribution >= 0.6 is 23.4 Å². The summed E-state index contributed by atoms with van der Waals surface area (Å²) in [6.07, 6.45) is 1.50. The molecule has 9 heteroatoms. The number of rotatable bonds is 3. The average molecular weight is 386 g/mol. The van der Waals surface area contributed by atoms with E-state index in [2.05, 4.69) is 10.3 Å². The molecule has 3 rings (SSSR count). The van der Waals surface area contributed by atoms with Gasteiger partial charge >= 0.3 is 0 Å². The van der Waals surface area contributed by atoms with Crippen LogP contribution in [0.3, 0.4) is 0 Å². The number of aryl methyl sites for hydroxylation is 1. The summed E-state index contributed by atoms with van der Waals surface area (Å²) in [6, 6.07) is 2.86. The van der Waals surface area contributed by atoms with Gasteiger partial charge in [0.2, 0.25) is 0 Å². The number of fused-ring (bicyclic) bond motifs is 2. The van der Waals surface area contributed by atoms with Crippen LogP contribution in [-0.4, -0.2) is 29.8 Å². The van der Waals surface area contributed by atoms with Crippen molar-refractivity contribution in [1.82, 2.24) is 14.3 Å². The van der Waals surface area contributed by atoms with Crippen LogP contribution in [0.1, 0.15) is 29.9 Å². The van der Waals surface area contributed by atoms with Gasteiger partial charge in [0.15, 0.2) is 5.16 Å². The number of halogens is 1. The first-order valence-corrected chi connectivity index (χ1v) is 9.94. The minimum absolute atomic E-state index is 0.0696. The van der Waals surface area contributed by atoms with Crippen LogP contribution in [0.15, 0.2) is 33.3 Å². The molecule has 0 aliphatic carbocycles. The zero-order valence-electron chi connectivity index (χ0n) is 13.3. The number of carbonyl (C=O) groups excluding carboxylic acids is 1. The van der Waals surface area contributed by atoms with Crippen LogP contribution in [-0.2, 0) is 10.0 Å². The number of hydrogen-bond donors (Lipinski definition) is 1. The highest BCUT2D eigenvalue weighted by molar-refractivity contribution is 8.01. The molecule has 1 aliphatic heterocycles. The van der Waals surface area contributed by atoms with Gasteiger partial charge in [0.25, 0.3) is 15.9 Å². The van der Waals surface area contributed by atoms with E-state index in [0.29, 0.717) is 22.3 Å². The first kappa shape index (κ1) is 17.3. The van der Waals surface area contributed by atoms with Crippen molar-refractivity contribution in [3.05, 3.63) is 34.6 Å². The summed E-state index contributed by atoms with van der Waals surface area (Å²) in [5.41, 5.74) is 0.672. The number of carbonyl (C=O) groups is 1. The quantitative estimate of drug-likeness (QED) is 0.749. The zero-order chi connectivity index (χ0) is 17.6. The van der Waals surface area contributed by atoms with E-state index in [1.807, 2.05) is 13.8 Å². The van der Waals surface area contributed by atoms with Crippen molar-refractivity contribution in [3.8, 4) is 0 Å². The highest BCUT2D eigenvalue weighted by atomic mass is 35.5. The second-order valence-electron chi connectivity index (χ2n) is 5.94. The lowest BCUT2D eigenvalue weighted by Gasteiger charge is -2.20. The summed E-state index contributed by atoms with van der Waals surface area (Å²) in [5.74, 6) is -0.106. The highest BCUT2D eigenvalue weighted by Crippen LogP contribution is 2.42. The molecule has 1 aromatic carbocycles. The summed E-state index contributed by atoms with van der Waals surface area (Å²) in [5, 5.41) is 3.34. The van der Waals surface area contributed by atoms with Gasteiger partial charge in [-0.05, 0) is 36.7 Å². The first-order valence-electron chi connectivity index (χ1n) is 7.31. The van der Waals surface area contributed by atoms with Crippen molar-refractivity contribution in [3.63, 3.8) is 0 Å². The molecule has 1 aliphatic rings. The predicted molar refractivity (Wildman–Crippen MR) is 92.3 cm³/mol. The molecule has 0 atom stereocenters. The van der Waals surface area contributed by atoms with Crippen molar-refractivity contribution in [2.75, 3.05) is 6.54 Å². The number of benzene rings is 1. The van der Waals surface area contributed by atoms with Crippen molar-refractivity contribution in [2.45, 2.75) is 35.7 Å². The van der Waals surface area contributed by atoms with Crippen molar-refractivity contribution in [2.24, 2.45) is 5.92 Å². The van der Waals surface area contributed by atoms with Crippen LogP contribution in [0.25, 0.3) is 0 Å². The highest BCUT2D eigenvalue weighted by Gasteiger charge is 2.33. The van der Waals surface area contributed by atoms with E-state index in [-0.39, 0.29) is 27.3 Å². The molecule has 24 heavy (non-hydrogen) atoms. The molecule has 128 valence electrons. The van der Waals surface area contributed by atoms with E-state index in [0.717, 1.165) is 0 Å². The molecule has 1 N–H and O–H groups in total.